The summed E-state index contributed by atoms with van der Waals surface area (Å²) in [5.74, 6) is -0.0635. The lowest BCUT2D eigenvalue weighted by Crippen LogP contribution is -2.62. The van der Waals surface area contributed by atoms with Gasteiger partial charge in [0.05, 0.1) is 19.4 Å². The Bertz CT molecular complexity index is 2130. The topological polar surface area (TPSA) is 156 Å². The molecular weight excluding hydrogens is 720 g/mol. The molecule has 2 bridgehead atoms. The SMILES string of the molecule is C=C1[C@@H]2c3c(cc(C)c(OC)c3OCc3ccccc3)CC(C(=O)N1[C@@H](COC(C)=O)c1cc(OS(C)(=O)=O)c(C)c3c1OCO3)N2C(=O)OC(C)(C)C. The van der Waals surface area contributed by atoms with Crippen LogP contribution in [-0.4, -0.2) is 74.6 Å². The van der Waals surface area contributed by atoms with E-state index in [-0.39, 0.29) is 48.3 Å². The van der Waals surface area contributed by atoms with Gasteiger partial charge < -0.3 is 37.5 Å². The van der Waals surface area contributed by atoms with E-state index in [0.717, 1.165) is 22.9 Å². The van der Waals surface area contributed by atoms with Crippen LogP contribution in [0.5, 0.6) is 28.7 Å². The van der Waals surface area contributed by atoms with E-state index in [1.54, 1.807) is 27.7 Å². The second-order valence-electron chi connectivity index (χ2n) is 14.4. The minimum absolute atomic E-state index is 0.0640. The maximum atomic E-state index is 15.0. The molecule has 14 nitrogen and oxygen atoms in total. The summed E-state index contributed by atoms with van der Waals surface area (Å²) in [7, 11) is -2.49. The number of rotatable bonds is 10. The number of methoxy groups -OCH3 is 1. The highest BCUT2D eigenvalue weighted by Gasteiger charge is 2.55. The standard InChI is InChI=1S/C39H44N2O12S/c1-21-15-26-16-28-37(43)40(29(19-48-24(4)42)27-17-30(53-54(9,45)46)22(2)34-35(27)51-20-50-34)23(3)32(41(28)38(44)52-39(5,6)7)31(26)36(33(21)47-8)49-18-25-13-11-10-12-14-25/h10-15,17,28-29,32H,3,16,18-20H2,1-2,4-9H3/t28?,29-,32+/m0/s1. The lowest BCUT2D eigenvalue weighted by Gasteiger charge is -2.52. The molecule has 3 aliphatic rings. The number of piperazine rings is 1. The summed E-state index contributed by atoms with van der Waals surface area (Å²) in [5.41, 5.74) is 2.71. The van der Waals surface area contributed by atoms with E-state index in [9.17, 15) is 18.0 Å². The Labute approximate surface area is 314 Å². The van der Waals surface area contributed by atoms with E-state index in [2.05, 4.69) is 6.58 Å². The number of carbonyl (C=O) groups excluding carboxylic acids is 3. The van der Waals surface area contributed by atoms with E-state index in [1.807, 2.05) is 43.3 Å². The molecule has 6 rings (SSSR count). The molecule has 3 aliphatic heterocycles. The van der Waals surface area contributed by atoms with Crippen molar-refractivity contribution in [3.63, 3.8) is 0 Å². The van der Waals surface area contributed by atoms with E-state index in [0.29, 0.717) is 22.6 Å². The average Bonchev–Trinajstić information content (AvgIpc) is 3.58. The predicted octanol–water partition coefficient (Wildman–Crippen LogP) is 5.82. The first-order valence-corrected chi connectivity index (χ1v) is 19.1. The van der Waals surface area contributed by atoms with Crippen LogP contribution in [0.25, 0.3) is 0 Å². The Hall–Kier alpha value is -5.44. The molecule has 54 heavy (non-hydrogen) atoms. The number of amides is 2. The lowest BCUT2D eigenvalue weighted by molar-refractivity contribution is -0.151. The van der Waals surface area contributed by atoms with E-state index >= 15 is 4.79 Å². The van der Waals surface area contributed by atoms with Crippen LogP contribution in [-0.2, 0) is 42.2 Å². The average molecular weight is 765 g/mol. The first kappa shape index (κ1) is 38.3. The molecule has 1 unspecified atom stereocenters. The van der Waals surface area contributed by atoms with Crippen LogP contribution in [0.1, 0.15) is 73.2 Å². The van der Waals surface area contributed by atoms with Crippen molar-refractivity contribution in [1.29, 1.82) is 0 Å². The number of esters is 1. The third-order valence-corrected chi connectivity index (χ3v) is 9.74. The minimum Gasteiger partial charge on any atom is -0.493 e. The molecule has 0 radical (unpaired) electrons. The molecule has 0 saturated carbocycles. The molecule has 15 heteroatoms. The molecule has 0 aromatic heterocycles. The largest absolute Gasteiger partial charge is 0.493 e. The Morgan fingerprint density at radius 3 is 2.37 bits per heavy atom. The molecule has 0 aliphatic carbocycles. The number of ether oxygens (including phenoxy) is 6. The molecule has 2 amide bonds. The molecule has 0 N–H and O–H groups in total. The highest BCUT2D eigenvalue weighted by Crippen LogP contribution is 2.54. The maximum absolute atomic E-state index is 15.0. The summed E-state index contributed by atoms with van der Waals surface area (Å²) in [5, 5.41) is 0. The molecule has 3 aromatic carbocycles. The smallest absolute Gasteiger partial charge is 0.411 e. The highest BCUT2D eigenvalue weighted by molar-refractivity contribution is 7.86. The quantitative estimate of drug-likeness (QED) is 0.180. The van der Waals surface area contributed by atoms with Crippen LogP contribution in [0.4, 0.5) is 4.79 Å². The van der Waals surface area contributed by atoms with E-state index < -0.39 is 58.4 Å². The van der Waals surface area contributed by atoms with E-state index in [1.165, 1.54) is 29.9 Å². The number of benzene rings is 3. The number of nitrogens with zero attached hydrogens (tertiary/aromatic N) is 2. The van der Waals surface area contributed by atoms with Crippen LogP contribution in [0, 0.1) is 13.8 Å². The molecule has 1 saturated heterocycles. The Balaban J connectivity index is 1.56. The van der Waals surface area contributed by atoms with Gasteiger partial charge in [0.25, 0.3) is 5.91 Å². The van der Waals surface area contributed by atoms with Crippen LogP contribution in [0.3, 0.4) is 0 Å². The third-order valence-electron chi connectivity index (χ3n) is 9.26. The highest BCUT2D eigenvalue weighted by atomic mass is 32.2. The van der Waals surface area contributed by atoms with Crippen LogP contribution in [0.15, 0.2) is 54.7 Å². The Morgan fingerprint density at radius 2 is 1.74 bits per heavy atom. The van der Waals surface area contributed by atoms with E-state index in [4.69, 9.17) is 32.6 Å². The molecule has 3 atom stereocenters. The van der Waals surface area contributed by atoms with Crippen molar-refractivity contribution in [2.45, 2.75) is 78.3 Å². The number of aryl methyl sites for hydroxylation is 1. The zero-order valence-corrected chi connectivity index (χ0v) is 32.3. The zero-order chi connectivity index (χ0) is 39.3. The van der Waals surface area contributed by atoms with Crippen molar-refractivity contribution in [1.82, 2.24) is 9.80 Å². The number of carbonyl (C=O) groups is 3. The summed E-state index contributed by atoms with van der Waals surface area (Å²) in [6, 6.07) is 9.56. The monoisotopic (exact) mass is 764 g/mol. The van der Waals surface area contributed by atoms with Gasteiger partial charge in [0.2, 0.25) is 6.79 Å². The fourth-order valence-corrected chi connectivity index (χ4v) is 7.64. The van der Waals surface area contributed by atoms with Gasteiger partial charge >= 0.3 is 22.2 Å². The summed E-state index contributed by atoms with van der Waals surface area (Å²) in [4.78, 5) is 44.3. The van der Waals surface area contributed by atoms with Gasteiger partial charge in [-0.2, -0.15) is 8.42 Å². The summed E-state index contributed by atoms with van der Waals surface area (Å²) in [6.45, 7) is 13.9. The third kappa shape index (κ3) is 7.36. The second kappa shape index (κ2) is 14.4. The van der Waals surface area contributed by atoms with Gasteiger partial charge in [-0.3, -0.25) is 14.5 Å². The van der Waals surface area contributed by atoms with Crippen molar-refractivity contribution >= 4 is 28.1 Å². The maximum Gasteiger partial charge on any atom is 0.411 e. The predicted molar refractivity (Wildman–Crippen MR) is 195 cm³/mol. The Morgan fingerprint density at radius 1 is 1.06 bits per heavy atom. The molecular formula is C39H44N2O12S. The van der Waals surface area contributed by atoms with Gasteiger partial charge in [0.1, 0.15) is 36.6 Å². The zero-order valence-electron chi connectivity index (χ0n) is 31.5. The molecule has 0 spiro atoms. The van der Waals surface area contributed by atoms with Crippen molar-refractivity contribution in [3.8, 4) is 28.7 Å². The van der Waals surface area contributed by atoms with Gasteiger partial charge in [0, 0.05) is 35.7 Å². The van der Waals surface area contributed by atoms with Crippen molar-refractivity contribution in [2.75, 3.05) is 26.8 Å². The van der Waals surface area contributed by atoms with Crippen molar-refractivity contribution in [3.05, 3.63) is 88.1 Å². The molecule has 3 aromatic rings. The minimum atomic E-state index is -4.01. The fourth-order valence-electron chi connectivity index (χ4n) is 7.14. The van der Waals surface area contributed by atoms with Gasteiger partial charge in [-0.1, -0.05) is 43.0 Å². The normalized spacial score (nSPS) is 18.1. The number of fused-ring (bicyclic) bond motifs is 5. The molecule has 288 valence electrons. The first-order chi connectivity index (χ1) is 25.4. The Kier molecular flexibility index (Phi) is 10.2. The van der Waals surface area contributed by atoms with Gasteiger partial charge in [-0.25, -0.2) is 4.79 Å². The summed E-state index contributed by atoms with van der Waals surface area (Å²) in [6.07, 6.45) is 0.216. The molecule has 1 fully saturated rings. The number of hydrogen-bond donors (Lipinski definition) is 0. The fraction of sp³-hybridized carbons (Fsp3) is 0.410. The van der Waals surface area contributed by atoms with Crippen molar-refractivity contribution < 1.29 is 55.4 Å². The first-order valence-electron chi connectivity index (χ1n) is 17.3. The van der Waals surface area contributed by atoms with Crippen LogP contribution in [0.2, 0.25) is 0 Å². The van der Waals surface area contributed by atoms with Crippen molar-refractivity contribution in [2.24, 2.45) is 0 Å². The number of hydrogen-bond acceptors (Lipinski definition) is 12. The van der Waals surface area contributed by atoms with Gasteiger partial charge in [-0.15, -0.1) is 0 Å². The van der Waals surface area contributed by atoms with Crippen LogP contribution >= 0.6 is 0 Å². The second-order valence-corrected chi connectivity index (χ2v) is 15.9. The lowest BCUT2D eigenvalue weighted by atomic mass is 9.80. The molecule has 3 heterocycles. The summed E-state index contributed by atoms with van der Waals surface area (Å²) >= 11 is 0. The van der Waals surface area contributed by atoms with Gasteiger partial charge in [-0.05, 0) is 57.4 Å². The van der Waals surface area contributed by atoms with Crippen LogP contribution < -0.4 is 23.1 Å². The van der Waals surface area contributed by atoms with Gasteiger partial charge in [0.15, 0.2) is 23.0 Å². The summed E-state index contributed by atoms with van der Waals surface area (Å²) < 4.78 is 65.6.